The fraction of sp³-hybridized carbons (Fsp3) is 0.167. The van der Waals surface area contributed by atoms with Crippen molar-refractivity contribution in [2.75, 3.05) is 11.1 Å². The Morgan fingerprint density at radius 2 is 1.62 bits per heavy atom. The number of nitrogens with zero attached hydrogens (tertiary/aromatic N) is 1. The number of benzene rings is 3. The van der Waals surface area contributed by atoms with Gasteiger partial charge in [0.2, 0.25) is 5.91 Å². The van der Waals surface area contributed by atoms with Crippen LogP contribution < -0.4 is 5.32 Å². The van der Waals surface area contributed by atoms with Crippen LogP contribution in [-0.2, 0) is 17.5 Å². The first-order valence-corrected chi connectivity index (χ1v) is 10.9. The molecule has 1 aliphatic heterocycles. The Labute approximate surface area is 187 Å². The van der Waals surface area contributed by atoms with E-state index in [0.717, 1.165) is 23.3 Å². The Morgan fingerprint density at radius 3 is 2.25 bits per heavy atom. The smallest absolute Gasteiger partial charge is 0.322 e. The van der Waals surface area contributed by atoms with E-state index in [2.05, 4.69) is 5.32 Å². The molecule has 32 heavy (non-hydrogen) atoms. The van der Waals surface area contributed by atoms with Gasteiger partial charge >= 0.3 is 6.18 Å². The first-order valence-electron chi connectivity index (χ1n) is 9.85. The molecule has 0 bridgehead atoms. The second-order valence-corrected chi connectivity index (χ2v) is 8.39. The number of alkyl halides is 3. The number of halogens is 3. The molecule has 0 spiro atoms. The number of carbonyl (C=O) groups is 2. The minimum absolute atomic E-state index is 0.0629. The van der Waals surface area contributed by atoms with Crippen molar-refractivity contribution in [3.63, 3.8) is 0 Å². The topological polar surface area (TPSA) is 49.4 Å². The molecule has 3 aromatic carbocycles. The number of anilines is 1. The summed E-state index contributed by atoms with van der Waals surface area (Å²) in [6.07, 6.45) is -4.42. The van der Waals surface area contributed by atoms with E-state index in [-0.39, 0.29) is 17.0 Å². The first-order chi connectivity index (χ1) is 15.3. The molecule has 1 fully saturated rings. The Balaban J connectivity index is 1.44. The summed E-state index contributed by atoms with van der Waals surface area (Å²) in [6, 6.07) is 20.9. The molecule has 8 heteroatoms. The zero-order chi connectivity index (χ0) is 22.7. The van der Waals surface area contributed by atoms with Gasteiger partial charge in [-0.05, 0) is 47.5 Å². The van der Waals surface area contributed by atoms with Crippen LogP contribution in [0.15, 0.2) is 78.9 Å². The highest BCUT2D eigenvalue weighted by molar-refractivity contribution is 8.00. The van der Waals surface area contributed by atoms with Crippen molar-refractivity contribution in [1.29, 1.82) is 0 Å². The maximum atomic E-state index is 12.7. The largest absolute Gasteiger partial charge is 0.416 e. The predicted octanol–water partition coefficient (Wildman–Crippen LogP) is 5.73. The number of hydrogen-bond donors (Lipinski definition) is 1. The highest BCUT2D eigenvalue weighted by Crippen LogP contribution is 2.39. The van der Waals surface area contributed by atoms with Crippen LogP contribution >= 0.6 is 11.8 Å². The summed E-state index contributed by atoms with van der Waals surface area (Å²) in [5.41, 5.74) is 1.82. The van der Waals surface area contributed by atoms with E-state index in [4.69, 9.17) is 0 Å². The van der Waals surface area contributed by atoms with Crippen LogP contribution in [0, 0.1) is 0 Å². The van der Waals surface area contributed by atoms with Crippen molar-refractivity contribution in [3.05, 3.63) is 101 Å². The molecule has 1 atom stereocenters. The van der Waals surface area contributed by atoms with Crippen LogP contribution in [0.25, 0.3) is 0 Å². The van der Waals surface area contributed by atoms with Crippen LogP contribution in [-0.4, -0.2) is 22.5 Å². The Morgan fingerprint density at radius 1 is 0.969 bits per heavy atom. The SMILES string of the molecule is O=C(Nc1ccc(C(F)(F)F)cc1)c1ccc([C@H]2SCC(=O)N2Cc2ccccc2)cc1. The number of rotatable bonds is 5. The molecule has 164 valence electrons. The van der Waals surface area contributed by atoms with Gasteiger partial charge in [0.15, 0.2) is 0 Å². The Hall–Kier alpha value is -3.26. The zero-order valence-electron chi connectivity index (χ0n) is 16.8. The zero-order valence-corrected chi connectivity index (χ0v) is 17.6. The fourth-order valence-electron chi connectivity index (χ4n) is 3.43. The number of hydrogen-bond acceptors (Lipinski definition) is 3. The van der Waals surface area contributed by atoms with Crippen molar-refractivity contribution in [2.24, 2.45) is 0 Å². The first kappa shape index (κ1) is 22.0. The molecule has 4 rings (SSSR count). The second kappa shape index (κ2) is 9.08. The molecule has 1 aliphatic rings. The molecule has 3 aromatic rings. The molecule has 1 N–H and O–H groups in total. The van der Waals surface area contributed by atoms with E-state index in [1.807, 2.05) is 35.2 Å². The van der Waals surface area contributed by atoms with Crippen molar-refractivity contribution in [2.45, 2.75) is 18.1 Å². The van der Waals surface area contributed by atoms with Gasteiger partial charge in [-0.1, -0.05) is 42.5 Å². The molecule has 2 amide bonds. The van der Waals surface area contributed by atoms with Gasteiger partial charge in [0.25, 0.3) is 5.91 Å². The van der Waals surface area contributed by atoms with Crippen LogP contribution in [0.1, 0.15) is 32.4 Å². The molecular weight excluding hydrogens is 437 g/mol. The summed E-state index contributed by atoms with van der Waals surface area (Å²) in [5.74, 6) is 0.0359. The summed E-state index contributed by atoms with van der Waals surface area (Å²) >= 11 is 1.54. The summed E-state index contributed by atoms with van der Waals surface area (Å²) in [5, 5.41) is 2.45. The van der Waals surface area contributed by atoms with E-state index in [0.29, 0.717) is 17.9 Å². The standard InChI is InChI=1S/C24H19F3N2O2S/c25-24(26,27)19-10-12-20(13-11-19)28-22(31)17-6-8-18(9-7-17)23-29(21(30)15-32-23)14-16-4-2-1-3-5-16/h1-13,23H,14-15H2,(H,28,31)/t23-/m1/s1. The average Bonchev–Trinajstić information content (AvgIpc) is 3.14. The molecule has 0 unspecified atom stereocenters. The third kappa shape index (κ3) is 4.96. The lowest BCUT2D eigenvalue weighted by atomic mass is 10.1. The fourth-order valence-corrected chi connectivity index (χ4v) is 4.61. The number of thioether (sulfide) groups is 1. The number of carbonyl (C=O) groups excluding carboxylic acids is 2. The lowest BCUT2D eigenvalue weighted by Gasteiger charge is -2.24. The van der Waals surface area contributed by atoms with Gasteiger partial charge in [0.1, 0.15) is 5.37 Å². The maximum absolute atomic E-state index is 12.7. The summed E-state index contributed by atoms with van der Waals surface area (Å²) in [7, 11) is 0. The summed E-state index contributed by atoms with van der Waals surface area (Å²) < 4.78 is 38.0. The van der Waals surface area contributed by atoms with Gasteiger partial charge in [-0.25, -0.2) is 0 Å². The summed E-state index contributed by atoms with van der Waals surface area (Å²) in [6.45, 7) is 0.507. The van der Waals surface area contributed by atoms with Gasteiger partial charge in [-0.15, -0.1) is 11.8 Å². The summed E-state index contributed by atoms with van der Waals surface area (Å²) in [4.78, 5) is 26.7. The Kier molecular flexibility index (Phi) is 6.23. The monoisotopic (exact) mass is 456 g/mol. The van der Waals surface area contributed by atoms with Crippen molar-refractivity contribution < 1.29 is 22.8 Å². The lowest BCUT2D eigenvalue weighted by Crippen LogP contribution is -2.27. The van der Waals surface area contributed by atoms with Crippen molar-refractivity contribution in [1.82, 2.24) is 4.90 Å². The number of amides is 2. The maximum Gasteiger partial charge on any atom is 0.416 e. The van der Waals surface area contributed by atoms with Gasteiger partial charge < -0.3 is 10.2 Å². The average molecular weight is 456 g/mol. The van der Waals surface area contributed by atoms with Crippen LogP contribution in [0.2, 0.25) is 0 Å². The molecule has 4 nitrogen and oxygen atoms in total. The molecule has 0 saturated carbocycles. The van der Waals surface area contributed by atoms with Crippen LogP contribution in [0.5, 0.6) is 0 Å². The Bertz CT molecular complexity index is 1100. The molecule has 0 aliphatic carbocycles. The van der Waals surface area contributed by atoms with E-state index in [1.54, 1.807) is 24.3 Å². The van der Waals surface area contributed by atoms with E-state index in [9.17, 15) is 22.8 Å². The van der Waals surface area contributed by atoms with Gasteiger partial charge in [0.05, 0.1) is 11.3 Å². The molecular formula is C24H19F3N2O2S. The van der Waals surface area contributed by atoms with Crippen molar-refractivity contribution in [3.8, 4) is 0 Å². The molecule has 1 heterocycles. The highest BCUT2D eigenvalue weighted by atomic mass is 32.2. The lowest BCUT2D eigenvalue weighted by molar-refractivity contribution is -0.137. The van der Waals surface area contributed by atoms with Gasteiger partial charge in [0, 0.05) is 17.8 Å². The normalized spacial score (nSPS) is 16.3. The van der Waals surface area contributed by atoms with E-state index >= 15 is 0 Å². The molecule has 0 aromatic heterocycles. The molecule has 0 radical (unpaired) electrons. The van der Waals surface area contributed by atoms with Crippen molar-refractivity contribution >= 4 is 29.3 Å². The van der Waals surface area contributed by atoms with E-state index < -0.39 is 17.6 Å². The minimum Gasteiger partial charge on any atom is -0.322 e. The predicted molar refractivity (Wildman–Crippen MR) is 118 cm³/mol. The molecule has 1 saturated heterocycles. The van der Waals surface area contributed by atoms with Gasteiger partial charge in [-0.2, -0.15) is 13.2 Å². The van der Waals surface area contributed by atoms with Crippen LogP contribution in [0.3, 0.4) is 0 Å². The van der Waals surface area contributed by atoms with Crippen LogP contribution in [0.4, 0.5) is 18.9 Å². The third-order valence-electron chi connectivity index (χ3n) is 5.09. The van der Waals surface area contributed by atoms with Gasteiger partial charge in [-0.3, -0.25) is 9.59 Å². The second-order valence-electron chi connectivity index (χ2n) is 7.32. The third-order valence-corrected chi connectivity index (χ3v) is 6.35. The quantitative estimate of drug-likeness (QED) is 0.533. The highest BCUT2D eigenvalue weighted by Gasteiger charge is 2.33. The van der Waals surface area contributed by atoms with E-state index in [1.165, 1.54) is 23.9 Å². The minimum atomic E-state index is -4.42. The number of nitrogens with one attached hydrogen (secondary N) is 1.